The monoisotopic (exact) mass is 614 g/mol. The fourth-order valence-electron chi connectivity index (χ4n) is 3.83. The van der Waals surface area contributed by atoms with Gasteiger partial charge in [0, 0.05) is 9.97 Å². The lowest BCUT2D eigenvalue weighted by atomic mass is 9.91. The van der Waals surface area contributed by atoms with Gasteiger partial charge in [0.15, 0.2) is 0 Å². The first-order valence-corrected chi connectivity index (χ1v) is 11.8. The fraction of sp³-hybridized carbons (Fsp3) is 0.458. The van der Waals surface area contributed by atoms with Gasteiger partial charge in [-0.1, -0.05) is 66.8 Å². The van der Waals surface area contributed by atoms with E-state index in [0.29, 0.717) is 18.7 Å². The Labute approximate surface area is 213 Å². The van der Waals surface area contributed by atoms with Crippen LogP contribution in [0.4, 0.5) is 31.1 Å². The second kappa shape index (κ2) is 10.2. The second-order valence-electron chi connectivity index (χ2n) is 9.18. The van der Waals surface area contributed by atoms with Crippen molar-refractivity contribution < 1.29 is 35.9 Å². The van der Waals surface area contributed by atoms with Crippen molar-refractivity contribution in [3.8, 4) is 0 Å². The van der Waals surface area contributed by atoms with E-state index in [2.05, 4.69) is 27.9 Å². The number of nitrogens with zero attached hydrogens (tertiary/aromatic N) is 1. The van der Waals surface area contributed by atoms with Crippen molar-refractivity contribution in [2.24, 2.45) is 0 Å². The third kappa shape index (κ3) is 7.25. The Kier molecular flexibility index (Phi) is 8.00. The van der Waals surface area contributed by atoms with Gasteiger partial charge in [-0.2, -0.15) is 26.3 Å². The van der Waals surface area contributed by atoms with E-state index in [9.17, 15) is 31.1 Å². The molecule has 0 aliphatic carbocycles. The molecule has 2 amide bonds. The zero-order chi connectivity index (χ0) is 26.1. The van der Waals surface area contributed by atoms with Crippen molar-refractivity contribution in [1.29, 1.82) is 0 Å². The smallest absolute Gasteiger partial charge is 0.374 e. The van der Waals surface area contributed by atoms with E-state index in [4.69, 9.17) is 4.74 Å². The van der Waals surface area contributed by atoms with Crippen molar-refractivity contribution in [2.75, 3.05) is 19.7 Å². The molecule has 0 saturated carbocycles. The van der Waals surface area contributed by atoms with Gasteiger partial charge in [-0.25, -0.2) is 4.79 Å². The summed E-state index contributed by atoms with van der Waals surface area (Å²) in [5, 5.41) is 2.93. The molecule has 11 heteroatoms. The van der Waals surface area contributed by atoms with Crippen LogP contribution in [-0.4, -0.2) is 34.0 Å². The van der Waals surface area contributed by atoms with Crippen LogP contribution in [0.5, 0.6) is 0 Å². The molecule has 3 rings (SSSR count). The van der Waals surface area contributed by atoms with E-state index in [1.54, 1.807) is 35.2 Å². The summed E-state index contributed by atoms with van der Waals surface area (Å²) in [4.78, 5) is 14.4. The number of carbonyl (C=O) groups is 1. The number of hydrogen-bond donors (Lipinski definition) is 1. The summed E-state index contributed by atoms with van der Waals surface area (Å²) < 4.78 is 84.6. The molecule has 1 fully saturated rings. The molecule has 0 aromatic heterocycles. The van der Waals surface area contributed by atoms with Crippen LogP contribution >= 0.6 is 22.6 Å². The lowest BCUT2D eigenvalue weighted by molar-refractivity contribution is -0.143. The van der Waals surface area contributed by atoms with Gasteiger partial charge in [-0.3, -0.25) is 0 Å². The van der Waals surface area contributed by atoms with Gasteiger partial charge in [-0.15, -0.1) is 0 Å². The van der Waals surface area contributed by atoms with Crippen LogP contribution < -0.4 is 5.32 Å². The normalized spacial score (nSPS) is 19.2. The van der Waals surface area contributed by atoms with E-state index < -0.39 is 35.6 Å². The quantitative estimate of drug-likeness (QED) is 0.203. The standard InChI is InChI=1S/C24H25F6IN2O2/c1-21(2,31)8-9-33-14-22(32-20(33)34,17-6-4-3-5-7-17)15-35-13-16-10-18(23(25,26)27)12-19(11-16)24(28,29)30/h3-7,10-12H,8-9,13-15H2,1-2H3,(H,32,34). The lowest BCUT2D eigenvalue weighted by Crippen LogP contribution is -2.44. The molecule has 1 N–H and O–H groups in total. The molecule has 2 aromatic rings. The third-order valence-corrected chi connectivity index (χ3v) is 6.20. The molecule has 192 valence electrons. The molecule has 1 heterocycles. The highest BCUT2D eigenvalue weighted by Crippen LogP contribution is 2.37. The molecule has 1 saturated heterocycles. The van der Waals surface area contributed by atoms with Gasteiger partial charge in [-0.05, 0) is 35.7 Å². The zero-order valence-electron chi connectivity index (χ0n) is 19.1. The van der Waals surface area contributed by atoms with Crippen molar-refractivity contribution in [3.05, 3.63) is 70.8 Å². The van der Waals surface area contributed by atoms with E-state index in [1.165, 1.54) is 0 Å². The van der Waals surface area contributed by atoms with Crippen LogP contribution in [0, 0.1) is 0 Å². The molecular formula is C24H25F6IN2O2. The van der Waals surface area contributed by atoms with Gasteiger partial charge in [0.05, 0.1) is 30.9 Å². The molecule has 0 radical (unpaired) electrons. The largest absolute Gasteiger partial charge is 0.416 e. The van der Waals surface area contributed by atoms with Crippen LogP contribution in [0.3, 0.4) is 0 Å². The van der Waals surface area contributed by atoms with Gasteiger partial charge in [0.2, 0.25) is 0 Å². The average Bonchev–Trinajstić information content (AvgIpc) is 3.07. The summed E-state index contributed by atoms with van der Waals surface area (Å²) in [6.45, 7) is 4.19. The van der Waals surface area contributed by atoms with Crippen molar-refractivity contribution >= 4 is 28.6 Å². The Balaban J connectivity index is 1.82. The van der Waals surface area contributed by atoms with Crippen molar-refractivity contribution in [2.45, 2.75) is 48.2 Å². The highest BCUT2D eigenvalue weighted by molar-refractivity contribution is 14.1. The first-order valence-electron chi connectivity index (χ1n) is 10.8. The third-order valence-electron chi connectivity index (χ3n) is 5.66. The SMILES string of the molecule is CC(C)(I)CCN1CC(COCc2cc(C(F)(F)F)cc(C(F)(F)F)c2)(c2ccccc2)NC1=O. The number of carbonyl (C=O) groups excluding carboxylic acids is 1. The maximum atomic E-state index is 13.2. The number of nitrogens with one attached hydrogen (secondary N) is 1. The molecule has 0 spiro atoms. The van der Waals surface area contributed by atoms with Crippen LogP contribution in [0.25, 0.3) is 0 Å². The Bertz CT molecular complexity index is 1000. The molecule has 1 aliphatic rings. The molecule has 2 aromatic carbocycles. The molecule has 1 atom stereocenters. The van der Waals surface area contributed by atoms with E-state index in [-0.39, 0.29) is 34.2 Å². The number of benzene rings is 2. The minimum atomic E-state index is -4.94. The second-order valence-corrected chi connectivity index (χ2v) is 12.1. The summed E-state index contributed by atoms with van der Waals surface area (Å²) in [5.74, 6) is 0. The number of hydrogen-bond acceptors (Lipinski definition) is 2. The maximum absolute atomic E-state index is 13.2. The first kappa shape index (κ1) is 27.6. The Morgan fingerprint density at radius 2 is 1.57 bits per heavy atom. The Hall–Kier alpha value is -2.02. The summed E-state index contributed by atoms with van der Waals surface area (Å²) in [6, 6.07) is 10.0. The number of alkyl halides is 7. The highest BCUT2D eigenvalue weighted by Gasteiger charge is 2.44. The summed E-state index contributed by atoms with van der Waals surface area (Å²) >= 11 is 2.29. The summed E-state index contributed by atoms with van der Waals surface area (Å²) in [5.41, 5.74) is -3.33. The number of amides is 2. The number of urea groups is 1. The number of rotatable bonds is 8. The van der Waals surface area contributed by atoms with Crippen molar-refractivity contribution in [3.63, 3.8) is 0 Å². The van der Waals surface area contributed by atoms with Gasteiger partial charge in [0.1, 0.15) is 5.54 Å². The molecular weight excluding hydrogens is 589 g/mol. The predicted molar refractivity (Wildman–Crippen MR) is 127 cm³/mol. The summed E-state index contributed by atoms with van der Waals surface area (Å²) in [7, 11) is 0. The highest BCUT2D eigenvalue weighted by atomic mass is 127. The van der Waals surface area contributed by atoms with Crippen LogP contribution in [-0.2, 0) is 29.2 Å². The van der Waals surface area contributed by atoms with Gasteiger partial charge >= 0.3 is 18.4 Å². The van der Waals surface area contributed by atoms with Gasteiger partial charge < -0.3 is 15.0 Å². The topological polar surface area (TPSA) is 41.6 Å². The molecule has 4 nitrogen and oxygen atoms in total. The molecule has 1 unspecified atom stereocenters. The molecule has 35 heavy (non-hydrogen) atoms. The lowest BCUT2D eigenvalue weighted by Gasteiger charge is -2.29. The van der Waals surface area contributed by atoms with E-state index in [1.807, 2.05) is 13.8 Å². The van der Waals surface area contributed by atoms with Crippen LogP contribution in [0.2, 0.25) is 0 Å². The summed E-state index contributed by atoms with van der Waals surface area (Å²) in [6.07, 6.45) is -9.14. The average molecular weight is 614 g/mol. The number of ether oxygens (including phenoxy) is 1. The van der Waals surface area contributed by atoms with Crippen molar-refractivity contribution in [1.82, 2.24) is 10.2 Å². The fourth-order valence-corrected chi connectivity index (χ4v) is 4.08. The van der Waals surface area contributed by atoms with E-state index in [0.717, 1.165) is 12.0 Å². The maximum Gasteiger partial charge on any atom is 0.416 e. The predicted octanol–water partition coefficient (Wildman–Crippen LogP) is 6.77. The molecule has 1 aliphatic heterocycles. The van der Waals surface area contributed by atoms with E-state index >= 15 is 0 Å². The van der Waals surface area contributed by atoms with Crippen LogP contribution in [0.1, 0.15) is 42.5 Å². The number of halogens is 7. The van der Waals surface area contributed by atoms with Gasteiger partial charge in [0.25, 0.3) is 0 Å². The Morgan fingerprint density at radius 1 is 1.00 bits per heavy atom. The first-order chi connectivity index (χ1) is 16.1. The van der Waals surface area contributed by atoms with Crippen LogP contribution in [0.15, 0.2) is 48.5 Å². The molecule has 0 bridgehead atoms. The zero-order valence-corrected chi connectivity index (χ0v) is 21.2. The minimum Gasteiger partial charge on any atom is -0.374 e. The Morgan fingerprint density at radius 3 is 2.09 bits per heavy atom. The minimum absolute atomic E-state index is 0.0355.